The number of esters is 1. The van der Waals surface area contributed by atoms with Gasteiger partial charge in [-0.2, -0.15) is 5.10 Å². The highest BCUT2D eigenvalue weighted by Crippen LogP contribution is 2.22. The van der Waals surface area contributed by atoms with Gasteiger partial charge in [0.05, 0.1) is 25.5 Å². The van der Waals surface area contributed by atoms with Crippen LogP contribution in [0.25, 0.3) is 0 Å². The van der Waals surface area contributed by atoms with Gasteiger partial charge in [0, 0.05) is 17.8 Å². The average Bonchev–Trinajstić information content (AvgIpc) is 2.75. The Morgan fingerprint density at radius 2 is 1.95 bits per heavy atom. The summed E-state index contributed by atoms with van der Waals surface area (Å²) in [4.78, 5) is 11.3. The van der Waals surface area contributed by atoms with E-state index >= 15 is 0 Å². The first-order chi connectivity index (χ1) is 9.38. The van der Waals surface area contributed by atoms with Crippen LogP contribution in [0.15, 0.2) is 4.90 Å². The monoisotopic (exact) mass is 326 g/mol. The Hall–Kier alpha value is -1.16. The number of hydrogen-bond acceptors (Lipinski definition) is 7. The summed E-state index contributed by atoms with van der Waals surface area (Å²) in [6.07, 6.45) is 0. The number of ether oxygens (including phenoxy) is 3. The van der Waals surface area contributed by atoms with Crippen LogP contribution >= 0.6 is 10.7 Å². The van der Waals surface area contributed by atoms with Crippen molar-refractivity contribution in [2.75, 3.05) is 33.5 Å². The van der Waals surface area contributed by atoms with Crippen molar-refractivity contribution in [2.24, 2.45) is 0 Å². The van der Waals surface area contributed by atoms with E-state index in [1.807, 2.05) is 0 Å². The Bertz CT molecular complexity index is 556. The van der Waals surface area contributed by atoms with E-state index in [1.165, 1.54) is 14.0 Å². The molecular weight excluding hydrogens is 312 g/mol. The highest BCUT2D eigenvalue weighted by atomic mass is 35.7. The number of carbonyl (C=O) groups excluding carboxylic acids is 1. The van der Waals surface area contributed by atoms with Crippen LogP contribution in [0.2, 0.25) is 0 Å². The minimum atomic E-state index is -4.08. The van der Waals surface area contributed by atoms with Crippen LogP contribution in [0.3, 0.4) is 0 Å². The van der Waals surface area contributed by atoms with E-state index < -0.39 is 15.0 Å². The summed E-state index contributed by atoms with van der Waals surface area (Å²) < 4.78 is 37.4. The summed E-state index contributed by atoms with van der Waals surface area (Å²) in [5, 5.41) is 5.97. The molecule has 114 valence electrons. The number of halogens is 1. The highest BCUT2D eigenvalue weighted by molar-refractivity contribution is 8.13. The van der Waals surface area contributed by atoms with Crippen molar-refractivity contribution in [1.29, 1.82) is 0 Å². The molecule has 0 aliphatic carbocycles. The highest BCUT2D eigenvalue weighted by Gasteiger charge is 2.27. The topological polar surface area (TPSA) is 108 Å². The number of methoxy groups -OCH3 is 1. The van der Waals surface area contributed by atoms with Gasteiger partial charge in [0.15, 0.2) is 5.69 Å². The van der Waals surface area contributed by atoms with Gasteiger partial charge in [0.2, 0.25) is 0 Å². The summed E-state index contributed by atoms with van der Waals surface area (Å²) >= 11 is 0. The normalized spacial score (nSPS) is 11.6. The number of nitrogens with zero attached hydrogens (tertiary/aromatic N) is 1. The number of H-pyrrole nitrogens is 1. The number of nitrogens with one attached hydrogen (secondary N) is 1. The van der Waals surface area contributed by atoms with Gasteiger partial charge in [-0.1, -0.05) is 0 Å². The van der Waals surface area contributed by atoms with Crippen LogP contribution in [0.4, 0.5) is 0 Å². The number of hydrogen-bond donors (Lipinski definition) is 1. The van der Waals surface area contributed by atoms with E-state index in [1.54, 1.807) is 0 Å². The maximum atomic E-state index is 11.7. The number of carbonyl (C=O) groups is 1. The molecule has 0 saturated carbocycles. The summed E-state index contributed by atoms with van der Waals surface area (Å²) in [6, 6.07) is 0. The molecule has 0 saturated heterocycles. The molecule has 0 atom stereocenters. The summed E-state index contributed by atoms with van der Waals surface area (Å²) in [5.74, 6) is -0.885. The fourth-order valence-corrected chi connectivity index (χ4v) is 2.70. The second kappa shape index (κ2) is 7.58. The van der Waals surface area contributed by atoms with Crippen molar-refractivity contribution >= 4 is 25.7 Å². The molecule has 8 nitrogen and oxygen atoms in total. The third kappa shape index (κ3) is 4.75. The van der Waals surface area contributed by atoms with Gasteiger partial charge in [0.25, 0.3) is 9.05 Å². The molecule has 0 fully saturated rings. The van der Waals surface area contributed by atoms with Crippen molar-refractivity contribution in [3.05, 3.63) is 11.4 Å². The molecule has 0 amide bonds. The van der Waals surface area contributed by atoms with Crippen molar-refractivity contribution in [3.63, 3.8) is 0 Å². The van der Waals surface area contributed by atoms with Gasteiger partial charge >= 0.3 is 5.97 Å². The molecule has 0 radical (unpaired) electrons. The van der Waals surface area contributed by atoms with Crippen LogP contribution in [0.1, 0.15) is 16.2 Å². The molecule has 10 heteroatoms. The smallest absolute Gasteiger partial charge is 0.360 e. The van der Waals surface area contributed by atoms with Gasteiger partial charge < -0.3 is 14.2 Å². The Morgan fingerprint density at radius 3 is 2.55 bits per heavy atom. The second-order valence-electron chi connectivity index (χ2n) is 3.71. The van der Waals surface area contributed by atoms with Gasteiger partial charge in [-0.15, -0.1) is 0 Å². The minimum absolute atomic E-state index is 0.0315. The number of aromatic amines is 1. The molecule has 1 N–H and O–H groups in total. The van der Waals surface area contributed by atoms with Crippen LogP contribution in [0.5, 0.6) is 0 Å². The lowest BCUT2D eigenvalue weighted by molar-refractivity contribution is 0.0206. The third-order valence-corrected chi connectivity index (χ3v) is 3.67. The van der Waals surface area contributed by atoms with Crippen molar-refractivity contribution in [3.8, 4) is 0 Å². The summed E-state index contributed by atoms with van der Waals surface area (Å²) in [6.45, 7) is 2.38. The zero-order valence-electron chi connectivity index (χ0n) is 11.0. The molecule has 0 unspecified atom stereocenters. The largest absolute Gasteiger partial charge is 0.458 e. The molecule has 0 spiro atoms. The molecule has 1 rings (SSSR count). The van der Waals surface area contributed by atoms with E-state index in [-0.39, 0.29) is 29.5 Å². The van der Waals surface area contributed by atoms with Gasteiger partial charge in [0.1, 0.15) is 11.5 Å². The molecule has 0 bridgehead atoms. The van der Waals surface area contributed by atoms with Crippen molar-refractivity contribution in [1.82, 2.24) is 10.2 Å². The van der Waals surface area contributed by atoms with Gasteiger partial charge in [-0.25, -0.2) is 13.2 Å². The predicted octanol–water partition coefficient (Wildman–Crippen LogP) is 0.465. The van der Waals surface area contributed by atoms with E-state index in [0.717, 1.165) is 0 Å². The molecular formula is C10H15ClN2O6S. The van der Waals surface area contributed by atoms with Crippen LogP contribution < -0.4 is 0 Å². The summed E-state index contributed by atoms with van der Waals surface area (Å²) in [5.41, 5.74) is -0.197. The zero-order chi connectivity index (χ0) is 15.2. The fraction of sp³-hybridized carbons (Fsp3) is 0.600. The Kier molecular flexibility index (Phi) is 6.40. The average molecular weight is 327 g/mol. The van der Waals surface area contributed by atoms with Crippen LogP contribution in [0, 0.1) is 6.92 Å². The first-order valence-corrected chi connectivity index (χ1v) is 7.92. The lowest BCUT2D eigenvalue weighted by atomic mass is 10.4. The van der Waals surface area contributed by atoms with Crippen LogP contribution in [-0.4, -0.2) is 58.1 Å². The molecule has 1 heterocycles. The van der Waals surface area contributed by atoms with E-state index in [2.05, 4.69) is 10.2 Å². The van der Waals surface area contributed by atoms with Gasteiger partial charge in [-0.05, 0) is 6.92 Å². The molecule has 0 aliphatic rings. The quantitative estimate of drug-likeness (QED) is 0.420. The molecule has 20 heavy (non-hydrogen) atoms. The maximum Gasteiger partial charge on any atom is 0.360 e. The van der Waals surface area contributed by atoms with Crippen LogP contribution in [-0.2, 0) is 23.3 Å². The fourth-order valence-electron chi connectivity index (χ4n) is 1.36. The Labute approximate surface area is 120 Å². The van der Waals surface area contributed by atoms with E-state index in [0.29, 0.717) is 13.2 Å². The first kappa shape index (κ1) is 16.9. The standard InChI is InChI=1S/C10H15ClN2O6S/c1-7-9(20(11,15)16)8(13-12-7)10(14)19-6-5-18-4-3-17-2/h3-6H2,1-2H3,(H,12,13). The van der Waals surface area contributed by atoms with E-state index in [4.69, 9.17) is 24.9 Å². The van der Waals surface area contributed by atoms with Crippen molar-refractivity contribution in [2.45, 2.75) is 11.8 Å². The predicted molar refractivity (Wildman–Crippen MR) is 69.3 cm³/mol. The SMILES string of the molecule is COCCOCCOC(=O)c1n[nH]c(C)c1S(=O)(=O)Cl. The van der Waals surface area contributed by atoms with Crippen molar-refractivity contribution < 1.29 is 27.4 Å². The van der Waals surface area contributed by atoms with Gasteiger partial charge in [-0.3, -0.25) is 5.10 Å². The summed E-state index contributed by atoms with van der Waals surface area (Å²) in [7, 11) is 2.70. The zero-order valence-corrected chi connectivity index (χ0v) is 12.6. The number of aryl methyl sites for hydroxylation is 1. The maximum absolute atomic E-state index is 11.7. The van der Waals surface area contributed by atoms with E-state index in [9.17, 15) is 13.2 Å². The number of aromatic nitrogens is 2. The number of rotatable bonds is 8. The Balaban J connectivity index is 2.57. The second-order valence-corrected chi connectivity index (χ2v) is 6.21. The third-order valence-electron chi connectivity index (χ3n) is 2.22. The molecule has 1 aromatic rings. The molecule has 0 aliphatic heterocycles. The first-order valence-electron chi connectivity index (χ1n) is 5.61. The Morgan fingerprint density at radius 1 is 1.30 bits per heavy atom. The molecule has 0 aromatic carbocycles. The molecule has 1 aromatic heterocycles. The lowest BCUT2D eigenvalue weighted by Gasteiger charge is -2.05. The minimum Gasteiger partial charge on any atom is -0.458 e. The lowest BCUT2D eigenvalue weighted by Crippen LogP contribution is -2.14.